The molecule has 0 saturated heterocycles. The van der Waals surface area contributed by atoms with E-state index in [2.05, 4.69) is 12.8 Å². The van der Waals surface area contributed by atoms with Crippen LogP contribution >= 0.6 is 0 Å². The molecule has 2 heteroatoms. The highest BCUT2D eigenvalue weighted by molar-refractivity contribution is 5.95. The molecule has 0 atom stereocenters. The fourth-order valence-corrected chi connectivity index (χ4v) is 1.01. The zero-order valence-corrected chi connectivity index (χ0v) is 7.60. The monoisotopic (exact) mass is 168 g/mol. The van der Waals surface area contributed by atoms with Gasteiger partial charge in [0.15, 0.2) is 0 Å². The van der Waals surface area contributed by atoms with Gasteiger partial charge in [-0.15, -0.1) is 0 Å². The Morgan fingerprint density at radius 1 is 1.25 bits per heavy atom. The lowest BCUT2D eigenvalue weighted by Crippen LogP contribution is -1.92. The van der Waals surface area contributed by atoms with Crippen LogP contribution in [-0.4, -0.2) is 10.9 Å². The van der Waals surface area contributed by atoms with Gasteiger partial charge in [0.1, 0.15) is 6.11 Å². The number of Topliss-reactive ketones (excluding diaryl/α,β-unsaturated/α-hetero) is 1. The van der Waals surface area contributed by atoms with E-state index in [1.54, 1.807) is 6.11 Å². The summed E-state index contributed by atoms with van der Waals surface area (Å²) in [5, 5.41) is 8.10. The van der Waals surface area contributed by atoms with Crippen molar-refractivity contribution in [1.82, 2.24) is 0 Å². The summed E-state index contributed by atoms with van der Waals surface area (Å²) >= 11 is 0. The molecule has 0 aromatic carbocycles. The molecule has 0 unspecified atom stereocenters. The van der Waals surface area contributed by atoms with Crippen LogP contribution < -0.4 is 0 Å². The number of carbonyl (C=O) groups is 1. The van der Waals surface area contributed by atoms with Crippen LogP contribution in [-0.2, 0) is 4.79 Å². The van der Waals surface area contributed by atoms with Crippen molar-refractivity contribution in [2.45, 2.75) is 45.4 Å². The first kappa shape index (κ1) is 11.0. The van der Waals surface area contributed by atoms with Crippen LogP contribution in [0.4, 0.5) is 0 Å². The van der Waals surface area contributed by atoms with E-state index in [0.29, 0.717) is 6.42 Å². The number of hydrogen-bond acceptors (Lipinski definition) is 2. The second kappa shape index (κ2) is 8.13. The highest BCUT2D eigenvalue weighted by Crippen LogP contribution is 2.04. The molecule has 0 aliphatic carbocycles. The number of rotatable bonds is 6. The van der Waals surface area contributed by atoms with Crippen molar-refractivity contribution >= 4 is 5.78 Å². The van der Waals surface area contributed by atoms with Crippen molar-refractivity contribution in [3.63, 3.8) is 0 Å². The summed E-state index contributed by atoms with van der Waals surface area (Å²) in [6.07, 6.45) is 7.73. The first-order valence-corrected chi connectivity index (χ1v) is 4.49. The van der Waals surface area contributed by atoms with E-state index in [1.165, 1.54) is 19.3 Å². The molecule has 0 fully saturated rings. The molecular formula is C10H16O2. The van der Waals surface area contributed by atoms with Crippen LogP contribution in [0, 0.1) is 12.0 Å². The second-order valence-corrected chi connectivity index (χ2v) is 2.82. The lowest BCUT2D eigenvalue weighted by atomic mass is 10.1. The molecule has 0 heterocycles. The Bertz CT molecular complexity index is 174. The van der Waals surface area contributed by atoms with Gasteiger partial charge in [-0.25, -0.2) is 0 Å². The van der Waals surface area contributed by atoms with Crippen molar-refractivity contribution in [3.05, 3.63) is 0 Å². The van der Waals surface area contributed by atoms with Gasteiger partial charge < -0.3 is 5.11 Å². The first-order valence-electron chi connectivity index (χ1n) is 4.49. The molecular weight excluding hydrogens is 152 g/mol. The molecule has 68 valence electrons. The normalized spacial score (nSPS) is 8.75. The van der Waals surface area contributed by atoms with Crippen LogP contribution in [0.1, 0.15) is 45.4 Å². The minimum absolute atomic E-state index is 0.158. The van der Waals surface area contributed by atoms with Gasteiger partial charge >= 0.3 is 0 Å². The minimum Gasteiger partial charge on any atom is -0.462 e. The van der Waals surface area contributed by atoms with E-state index in [4.69, 9.17) is 5.11 Å². The molecule has 2 nitrogen and oxygen atoms in total. The average molecular weight is 168 g/mol. The summed E-state index contributed by atoms with van der Waals surface area (Å²) in [4.78, 5) is 10.7. The average Bonchev–Trinajstić information content (AvgIpc) is 2.05. The summed E-state index contributed by atoms with van der Waals surface area (Å²) in [6, 6.07) is 0. The van der Waals surface area contributed by atoms with Crippen molar-refractivity contribution in [2.24, 2.45) is 0 Å². The van der Waals surface area contributed by atoms with Gasteiger partial charge in [0, 0.05) is 12.3 Å². The van der Waals surface area contributed by atoms with Crippen molar-refractivity contribution in [3.8, 4) is 12.0 Å². The molecule has 0 bridgehead atoms. The van der Waals surface area contributed by atoms with Gasteiger partial charge in [-0.3, -0.25) is 4.79 Å². The molecule has 0 radical (unpaired) electrons. The summed E-state index contributed by atoms with van der Waals surface area (Å²) in [7, 11) is 0. The highest BCUT2D eigenvalue weighted by atomic mass is 16.2. The van der Waals surface area contributed by atoms with Crippen molar-refractivity contribution in [1.29, 1.82) is 0 Å². The van der Waals surface area contributed by atoms with E-state index < -0.39 is 0 Å². The van der Waals surface area contributed by atoms with Gasteiger partial charge in [-0.1, -0.05) is 32.6 Å². The smallest absolute Gasteiger partial charge is 0.208 e. The fourth-order valence-electron chi connectivity index (χ4n) is 1.01. The van der Waals surface area contributed by atoms with Crippen LogP contribution in [0.2, 0.25) is 0 Å². The molecule has 0 aromatic heterocycles. The topological polar surface area (TPSA) is 37.3 Å². The Balaban J connectivity index is 3.18. The van der Waals surface area contributed by atoms with E-state index >= 15 is 0 Å². The SMILES string of the molecule is CCCCCCCC(=O)C#CO. The van der Waals surface area contributed by atoms with Crippen LogP contribution in [0.25, 0.3) is 0 Å². The molecule has 0 amide bonds. The molecule has 0 aliphatic rings. The van der Waals surface area contributed by atoms with E-state index in [1.807, 2.05) is 0 Å². The molecule has 0 rings (SSSR count). The quantitative estimate of drug-likeness (QED) is 0.488. The maximum atomic E-state index is 10.7. The van der Waals surface area contributed by atoms with Crippen LogP contribution in [0.3, 0.4) is 0 Å². The molecule has 0 spiro atoms. The standard InChI is InChI=1S/C10H16O2/c1-2-3-4-5-6-7-10(12)8-9-11/h11H,2-7H2,1H3. The summed E-state index contributed by atoms with van der Waals surface area (Å²) in [5.74, 6) is 1.94. The largest absolute Gasteiger partial charge is 0.462 e. The minimum atomic E-state index is -0.158. The summed E-state index contributed by atoms with van der Waals surface area (Å²) in [5.41, 5.74) is 0. The maximum Gasteiger partial charge on any atom is 0.208 e. The number of carbonyl (C=O) groups excluding carboxylic acids is 1. The molecule has 0 aliphatic heterocycles. The Labute approximate surface area is 74.0 Å². The predicted molar refractivity (Wildman–Crippen MR) is 48.1 cm³/mol. The van der Waals surface area contributed by atoms with Crippen molar-refractivity contribution < 1.29 is 9.90 Å². The van der Waals surface area contributed by atoms with Gasteiger partial charge in [0.2, 0.25) is 5.78 Å². The lowest BCUT2D eigenvalue weighted by Gasteiger charge is -1.95. The van der Waals surface area contributed by atoms with E-state index in [9.17, 15) is 4.79 Å². The third-order valence-corrected chi connectivity index (χ3v) is 1.70. The van der Waals surface area contributed by atoms with E-state index in [0.717, 1.165) is 12.8 Å². The Kier molecular flexibility index (Phi) is 7.47. The van der Waals surface area contributed by atoms with E-state index in [-0.39, 0.29) is 5.78 Å². The zero-order valence-electron chi connectivity index (χ0n) is 7.60. The number of unbranched alkanes of at least 4 members (excludes halogenated alkanes) is 4. The highest BCUT2D eigenvalue weighted by Gasteiger charge is 1.96. The van der Waals surface area contributed by atoms with Crippen molar-refractivity contribution in [2.75, 3.05) is 0 Å². The third-order valence-electron chi connectivity index (χ3n) is 1.70. The van der Waals surface area contributed by atoms with Gasteiger partial charge in [0.05, 0.1) is 0 Å². The Morgan fingerprint density at radius 2 is 1.92 bits per heavy atom. The molecule has 12 heavy (non-hydrogen) atoms. The maximum absolute atomic E-state index is 10.7. The van der Waals surface area contributed by atoms with Gasteiger partial charge in [-0.05, 0) is 6.42 Å². The van der Waals surface area contributed by atoms with Gasteiger partial charge in [0.25, 0.3) is 0 Å². The third kappa shape index (κ3) is 7.14. The predicted octanol–water partition coefficient (Wildman–Crippen LogP) is 2.25. The molecule has 0 saturated carbocycles. The first-order chi connectivity index (χ1) is 5.81. The Hall–Kier alpha value is -0.970. The fraction of sp³-hybridized carbons (Fsp3) is 0.700. The Morgan fingerprint density at radius 3 is 2.50 bits per heavy atom. The number of ketones is 1. The summed E-state index contributed by atoms with van der Waals surface area (Å²) < 4.78 is 0. The zero-order chi connectivity index (χ0) is 9.23. The number of hydrogen-bond donors (Lipinski definition) is 1. The van der Waals surface area contributed by atoms with Crippen LogP contribution in [0.15, 0.2) is 0 Å². The van der Waals surface area contributed by atoms with Crippen LogP contribution in [0.5, 0.6) is 0 Å². The van der Waals surface area contributed by atoms with Gasteiger partial charge in [-0.2, -0.15) is 0 Å². The number of aliphatic hydroxyl groups excluding tert-OH is 1. The molecule has 0 aromatic rings. The number of aliphatic hydroxyl groups is 1. The molecule has 1 N–H and O–H groups in total. The second-order valence-electron chi connectivity index (χ2n) is 2.82. The lowest BCUT2D eigenvalue weighted by molar-refractivity contribution is -0.113. The summed E-state index contributed by atoms with van der Waals surface area (Å²) in [6.45, 7) is 2.16.